The van der Waals surface area contributed by atoms with Crippen LogP contribution in [0.1, 0.15) is 10.4 Å². The summed E-state index contributed by atoms with van der Waals surface area (Å²) in [7, 11) is 0. The number of carbonyl (C=O) groups excluding carboxylic acids is 2. The van der Waals surface area contributed by atoms with Crippen molar-refractivity contribution in [1.29, 1.82) is 0 Å². The fourth-order valence-electron chi connectivity index (χ4n) is 2.51. The molecule has 0 N–H and O–H groups in total. The number of benzene rings is 2. The van der Waals surface area contributed by atoms with E-state index in [0.29, 0.717) is 16.9 Å². The number of amides is 1. The second-order valence-corrected chi connectivity index (χ2v) is 6.75. The van der Waals surface area contributed by atoms with Crippen LogP contribution in [0.3, 0.4) is 0 Å². The summed E-state index contributed by atoms with van der Waals surface area (Å²) >= 11 is 1.26. The number of thiazole rings is 1. The summed E-state index contributed by atoms with van der Waals surface area (Å²) in [6.07, 6.45) is 1.52. The SMILES string of the molecule is C=CCN(C(=O)COC(=O)c1cc(F)cc(F)c1)c1nc(-c2ccccc2)cs1. The lowest BCUT2D eigenvalue weighted by atomic mass is 10.2. The highest BCUT2D eigenvalue weighted by Crippen LogP contribution is 2.27. The monoisotopic (exact) mass is 414 g/mol. The molecule has 2 aromatic carbocycles. The molecule has 0 saturated heterocycles. The van der Waals surface area contributed by atoms with Gasteiger partial charge in [0.05, 0.1) is 11.3 Å². The molecule has 148 valence electrons. The van der Waals surface area contributed by atoms with Gasteiger partial charge < -0.3 is 4.74 Å². The lowest BCUT2D eigenvalue weighted by Crippen LogP contribution is -2.34. The van der Waals surface area contributed by atoms with Crippen LogP contribution >= 0.6 is 11.3 Å². The van der Waals surface area contributed by atoms with Crippen LogP contribution in [0.2, 0.25) is 0 Å². The van der Waals surface area contributed by atoms with Gasteiger partial charge in [-0.25, -0.2) is 18.6 Å². The van der Waals surface area contributed by atoms with Crippen LogP contribution in [-0.4, -0.2) is 30.0 Å². The molecule has 3 aromatic rings. The summed E-state index contributed by atoms with van der Waals surface area (Å²) < 4.78 is 31.4. The van der Waals surface area contributed by atoms with Crippen molar-refractivity contribution in [3.63, 3.8) is 0 Å². The van der Waals surface area contributed by atoms with E-state index in [2.05, 4.69) is 11.6 Å². The molecular weight excluding hydrogens is 398 g/mol. The number of hydrogen-bond acceptors (Lipinski definition) is 5. The van der Waals surface area contributed by atoms with Crippen molar-refractivity contribution in [2.75, 3.05) is 18.1 Å². The zero-order valence-electron chi connectivity index (χ0n) is 15.2. The summed E-state index contributed by atoms with van der Waals surface area (Å²) in [6.45, 7) is 3.18. The highest BCUT2D eigenvalue weighted by Gasteiger charge is 2.21. The first-order valence-corrected chi connectivity index (χ1v) is 9.41. The molecule has 0 saturated carbocycles. The molecule has 0 unspecified atom stereocenters. The molecule has 5 nitrogen and oxygen atoms in total. The van der Waals surface area contributed by atoms with Crippen molar-refractivity contribution >= 4 is 28.3 Å². The number of nitrogens with zero attached hydrogens (tertiary/aromatic N) is 2. The van der Waals surface area contributed by atoms with Gasteiger partial charge in [0.15, 0.2) is 11.7 Å². The van der Waals surface area contributed by atoms with Crippen molar-refractivity contribution in [2.24, 2.45) is 0 Å². The van der Waals surface area contributed by atoms with Crippen LogP contribution in [0, 0.1) is 11.6 Å². The van der Waals surface area contributed by atoms with E-state index in [0.717, 1.165) is 17.7 Å². The molecule has 0 bridgehead atoms. The molecule has 1 aromatic heterocycles. The molecule has 29 heavy (non-hydrogen) atoms. The van der Waals surface area contributed by atoms with E-state index in [1.54, 1.807) is 0 Å². The summed E-state index contributed by atoms with van der Waals surface area (Å²) in [5, 5.41) is 2.23. The first-order chi connectivity index (χ1) is 14.0. The van der Waals surface area contributed by atoms with Crippen LogP contribution < -0.4 is 4.90 Å². The summed E-state index contributed by atoms with van der Waals surface area (Å²) in [6, 6.07) is 11.8. The van der Waals surface area contributed by atoms with Gasteiger partial charge in [0, 0.05) is 23.6 Å². The van der Waals surface area contributed by atoms with Crippen LogP contribution in [-0.2, 0) is 9.53 Å². The zero-order chi connectivity index (χ0) is 20.8. The second kappa shape index (κ2) is 9.20. The van der Waals surface area contributed by atoms with E-state index in [1.807, 2.05) is 35.7 Å². The lowest BCUT2D eigenvalue weighted by molar-refractivity contribution is -0.121. The summed E-state index contributed by atoms with van der Waals surface area (Å²) in [4.78, 5) is 30.4. The molecule has 0 aliphatic heterocycles. The number of anilines is 1. The van der Waals surface area contributed by atoms with Crippen LogP contribution in [0.5, 0.6) is 0 Å². The Hall–Kier alpha value is -3.39. The molecule has 0 aliphatic rings. The third-order valence-corrected chi connectivity index (χ3v) is 4.69. The zero-order valence-corrected chi connectivity index (χ0v) is 16.0. The van der Waals surface area contributed by atoms with Crippen molar-refractivity contribution in [3.05, 3.63) is 83.8 Å². The van der Waals surface area contributed by atoms with E-state index in [4.69, 9.17) is 4.74 Å². The topological polar surface area (TPSA) is 59.5 Å². The fourth-order valence-corrected chi connectivity index (χ4v) is 3.37. The van der Waals surface area contributed by atoms with Gasteiger partial charge in [-0.1, -0.05) is 36.4 Å². The van der Waals surface area contributed by atoms with Crippen LogP contribution in [0.4, 0.5) is 13.9 Å². The number of aromatic nitrogens is 1. The maximum Gasteiger partial charge on any atom is 0.338 e. The minimum absolute atomic E-state index is 0.159. The van der Waals surface area contributed by atoms with E-state index in [1.165, 1.54) is 22.3 Å². The van der Waals surface area contributed by atoms with Gasteiger partial charge in [0.2, 0.25) is 0 Å². The van der Waals surface area contributed by atoms with Gasteiger partial charge in [0.25, 0.3) is 5.91 Å². The van der Waals surface area contributed by atoms with E-state index in [9.17, 15) is 18.4 Å². The highest BCUT2D eigenvalue weighted by molar-refractivity contribution is 7.14. The average Bonchev–Trinajstić information content (AvgIpc) is 3.19. The van der Waals surface area contributed by atoms with E-state index >= 15 is 0 Å². The Balaban J connectivity index is 1.70. The fraction of sp³-hybridized carbons (Fsp3) is 0.0952. The Morgan fingerprint density at radius 3 is 2.48 bits per heavy atom. The van der Waals surface area contributed by atoms with Gasteiger partial charge in [-0.3, -0.25) is 9.69 Å². The normalized spacial score (nSPS) is 10.4. The average molecular weight is 414 g/mol. The predicted octanol–water partition coefficient (Wildman–Crippen LogP) is 4.46. The first-order valence-electron chi connectivity index (χ1n) is 8.53. The molecule has 0 radical (unpaired) electrons. The van der Waals surface area contributed by atoms with Crippen molar-refractivity contribution in [1.82, 2.24) is 4.98 Å². The lowest BCUT2D eigenvalue weighted by Gasteiger charge is -2.17. The number of ether oxygens (including phenoxy) is 1. The number of halogens is 2. The molecule has 0 spiro atoms. The van der Waals surface area contributed by atoms with Crippen LogP contribution in [0.25, 0.3) is 11.3 Å². The Morgan fingerprint density at radius 1 is 1.14 bits per heavy atom. The standard InChI is InChI=1S/C21H16F2N2O3S/c1-2-8-25(21-24-18(13-29-21)14-6-4-3-5-7-14)19(26)12-28-20(27)15-9-16(22)11-17(23)10-15/h2-7,9-11,13H,1,8,12H2. The van der Waals surface area contributed by atoms with Gasteiger partial charge in [-0.15, -0.1) is 17.9 Å². The molecule has 8 heteroatoms. The molecule has 0 fully saturated rings. The molecule has 1 amide bonds. The smallest absolute Gasteiger partial charge is 0.338 e. The first kappa shape index (κ1) is 20.3. The van der Waals surface area contributed by atoms with Gasteiger partial charge in [-0.2, -0.15) is 0 Å². The Morgan fingerprint density at radius 2 is 1.83 bits per heavy atom. The molecule has 3 rings (SSSR count). The number of esters is 1. The largest absolute Gasteiger partial charge is 0.452 e. The second-order valence-electron chi connectivity index (χ2n) is 5.91. The summed E-state index contributed by atoms with van der Waals surface area (Å²) in [5.41, 5.74) is 1.30. The molecule has 0 aliphatic carbocycles. The molecular formula is C21H16F2N2O3S. The Kier molecular flexibility index (Phi) is 6.46. The van der Waals surface area contributed by atoms with E-state index < -0.39 is 30.1 Å². The highest BCUT2D eigenvalue weighted by atomic mass is 32.1. The quantitative estimate of drug-likeness (QED) is 0.423. The van der Waals surface area contributed by atoms with Crippen molar-refractivity contribution in [3.8, 4) is 11.3 Å². The minimum atomic E-state index is -1.00. The van der Waals surface area contributed by atoms with Gasteiger partial charge in [-0.05, 0) is 12.1 Å². The number of hydrogen-bond donors (Lipinski definition) is 0. The Bertz CT molecular complexity index is 1020. The maximum absolute atomic E-state index is 13.2. The van der Waals surface area contributed by atoms with Gasteiger partial charge >= 0.3 is 5.97 Å². The third kappa shape index (κ3) is 5.11. The summed E-state index contributed by atoms with van der Waals surface area (Å²) in [5.74, 6) is -3.36. The Labute approximate surface area is 169 Å². The van der Waals surface area contributed by atoms with E-state index in [-0.39, 0.29) is 12.1 Å². The maximum atomic E-state index is 13.2. The molecule has 1 heterocycles. The minimum Gasteiger partial charge on any atom is -0.452 e. The van der Waals surface area contributed by atoms with Crippen LogP contribution in [0.15, 0.2) is 66.6 Å². The number of carbonyl (C=O) groups is 2. The number of rotatable bonds is 7. The predicted molar refractivity (Wildman–Crippen MR) is 107 cm³/mol. The molecule has 0 atom stereocenters. The van der Waals surface area contributed by atoms with Crippen molar-refractivity contribution in [2.45, 2.75) is 0 Å². The van der Waals surface area contributed by atoms with Gasteiger partial charge in [0.1, 0.15) is 11.6 Å². The van der Waals surface area contributed by atoms with Crippen molar-refractivity contribution < 1.29 is 23.1 Å². The third-order valence-electron chi connectivity index (χ3n) is 3.83.